The van der Waals surface area contributed by atoms with E-state index >= 15 is 0 Å². The SMILES string of the molecule is CCCCCCCCCCCCOC(=O)C[S][Sn]([CH2]CCC)([CH2]CCC)[S]CC(=O)OCCCCCCCCCCCC. The summed E-state index contributed by atoms with van der Waals surface area (Å²) in [5.74, 6) is 0.808. The van der Waals surface area contributed by atoms with Crippen molar-refractivity contribution < 1.29 is 19.1 Å². The van der Waals surface area contributed by atoms with E-state index in [0.29, 0.717) is 24.7 Å². The molecule has 0 unspecified atom stereocenters. The molecule has 0 spiro atoms. The van der Waals surface area contributed by atoms with Gasteiger partial charge in [0.1, 0.15) is 0 Å². The molecule has 0 saturated heterocycles. The molecule has 0 radical (unpaired) electrons. The molecular formula is C36H72O4S2Sn. The number of unbranched alkanes of at least 4 members (excludes halogenated alkanes) is 20. The molecule has 0 aromatic carbocycles. The van der Waals surface area contributed by atoms with Crippen LogP contribution in [-0.2, 0) is 19.1 Å². The van der Waals surface area contributed by atoms with Crippen LogP contribution < -0.4 is 0 Å². The third-order valence-corrected chi connectivity index (χ3v) is 38.1. The fraction of sp³-hybridized carbons (Fsp3) is 0.944. The van der Waals surface area contributed by atoms with Crippen LogP contribution in [0.25, 0.3) is 0 Å². The predicted molar refractivity (Wildman–Crippen MR) is 196 cm³/mol. The van der Waals surface area contributed by atoms with Crippen LogP contribution in [-0.4, -0.2) is 52.3 Å². The van der Waals surface area contributed by atoms with E-state index in [4.69, 9.17) is 9.47 Å². The molecule has 0 heterocycles. The van der Waals surface area contributed by atoms with Gasteiger partial charge in [0.15, 0.2) is 0 Å². The molecule has 0 bridgehead atoms. The standard InChI is InChI=1S/2C14H28O2S.2C4H9.Sn/c2*1-2-3-4-5-6-7-8-9-10-11-12-16-14(15)13-17;2*1-3-4-2;/h2*17H,2-13H2,1H3;2*1,3-4H2,2H3;/q;;;;+2/p-2. The second-order valence-electron chi connectivity index (χ2n) is 12.5. The summed E-state index contributed by atoms with van der Waals surface area (Å²) in [6.45, 7) is 10.1. The van der Waals surface area contributed by atoms with Crippen molar-refractivity contribution in [1.82, 2.24) is 0 Å². The van der Waals surface area contributed by atoms with Gasteiger partial charge in [-0.15, -0.1) is 0 Å². The average Bonchev–Trinajstić information content (AvgIpc) is 3.01. The van der Waals surface area contributed by atoms with Gasteiger partial charge < -0.3 is 0 Å². The van der Waals surface area contributed by atoms with Crippen LogP contribution in [0.2, 0.25) is 8.87 Å². The summed E-state index contributed by atoms with van der Waals surface area (Å²) in [4.78, 5) is 25.3. The predicted octanol–water partition coefficient (Wildman–Crippen LogP) is 12.4. The Hall–Kier alpha value is 0.439. The second-order valence-corrected chi connectivity index (χ2v) is 38.9. The van der Waals surface area contributed by atoms with Crippen molar-refractivity contribution in [3.8, 4) is 0 Å². The molecule has 0 saturated carbocycles. The Morgan fingerprint density at radius 1 is 0.419 bits per heavy atom. The Balaban J connectivity index is 4.29. The molecule has 0 aromatic heterocycles. The van der Waals surface area contributed by atoms with Gasteiger partial charge in [0.05, 0.1) is 0 Å². The first-order valence-corrected chi connectivity index (χ1v) is 31.6. The molecule has 256 valence electrons. The molecule has 0 aliphatic rings. The van der Waals surface area contributed by atoms with Gasteiger partial charge in [-0.2, -0.15) is 0 Å². The second kappa shape index (κ2) is 33.8. The van der Waals surface area contributed by atoms with E-state index in [1.54, 1.807) is 0 Å². The third-order valence-electron chi connectivity index (χ3n) is 8.25. The van der Waals surface area contributed by atoms with Gasteiger partial charge in [0.25, 0.3) is 0 Å². The van der Waals surface area contributed by atoms with Crippen LogP contribution in [0.1, 0.15) is 182 Å². The Morgan fingerprint density at radius 2 is 0.698 bits per heavy atom. The fourth-order valence-electron chi connectivity index (χ4n) is 5.36. The van der Waals surface area contributed by atoms with Crippen LogP contribution in [0.15, 0.2) is 0 Å². The van der Waals surface area contributed by atoms with Crippen LogP contribution in [0.4, 0.5) is 0 Å². The van der Waals surface area contributed by atoms with Gasteiger partial charge in [-0.05, 0) is 0 Å². The average molecular weight is 752 g/mol. The van der Waals surface area contributed by atoms with Crippen molar-refractivity contribution in [2.45, 2.75) is 191 Å². The van der Waals surface area contributed by atoms with E-state index in [1.165, 1.54) is 124 Å². The maximum atomic E-state index is 12.7. The monoisotopic (exact) mass is 752 g/mol. The van der Waals surface area contributed by atoms with Crippen molar-refractivity contribution in [2.24, 2.45) is 0 Å². The first kappa shape index (κ1) is 43.4. The van der Waals surface area contributed by atoms with Crippen molar-refractivity contribution >= 4 is 45.4 Å². The smallest absolute Gasteiger partial charge is 0.0654 e. The van der Waals surface area contributed by atoms with Crippen LogP contribution >= 0.6 is 17.9 Å². The number of ether oxygens (including phenoxy) is 2. The minimum atomic E-state index is -2.80. The van der Waals surface area contributed by atoms with Crippen LogP contribution in [0, 0.1) is 0 Å². The van der Waals surface area contributed by atoms with Gasteiger partial charge in [0, 0.05) is 0 Å². The van der Waals surface area contributed by atoms with E-state index in [0.717, 1.165) is 38.5 Å². The molecule has 0 amide bonds. The molecule has 0 aliphatic carbocycles. The number of hydrogen-bond acceptors (Lipinski definition) is 6. The molecule has 0 N–H and O–H groups in total. The van der Waals surface area contributed by atoms with Crippen molar-refractivity contribution in [2.75, 3.05) is 24.7 Å². The first-order valence-electron chi connectivity index (χ1n) is 18.6. The molecule has 43 heavy (non-hydrogen) atoms. The molecule has 7 heteroatoms. The summed E-state index contributed by atoms with van der Waals surface area (Å²) in [6.07, 6.45) is 30.4. The van der Waals surface area contributed by atoms with E-state index in [9.17, 15) is 9.59 Å². The Kier molecular flexibility index (Phi) is 34.1. The number of carbonyl (C=O) groups excluding carboxylic acids is 2. The summed E-state index contributed by atoms with van der Waals surface area (Å²) in [6, 6.07) is 0. The number of esters is 2. The quantitative estimate of drug-likeness (QED) is 0.0371. The first-order chi connectivity index (χ1) is 21.0. The van der Waals surface area contributed by atoms with Crippen molar-refractivity contribution in [1.29, 1.82) is 0 Å². The maximum absolute atomic E-state index is 12.7. The normalized spacial score (nSPS) is 11.6. The molecule has 0 fully saturated rings. The van der Waals surface area contributed by atoms with Crippen molar-refractivity contribution in [3.63, 3.8) is 0 Å². The minimum absolute atomic E-state index is 0.0564. The third kappa shape index (κ3) is 29.6. The van der Waals surface area contributed by atoms with Gasteiger partial charge >= 0.3 is 228 Å². The molecule has 0 aliphatic heterocycles. The van der Waals surface area contributed by atoms with Gasteiger partial charge in [-0.3, -0.25) is 0 Å². The van der Waals surface area contributed by atoms with Crippen LogP contribution in [0.3, 0.4) is 0 Å². The summed E-state index contributed by atoms with van der Waals surface area (Å²) in [5.41, 5.74) is 0. The summed E-state index contributed by atoms with van der Waals surface area (Å²) in [5, 5.41) is 0. The minimum Gasteiger partial charge on any atom is -0.0654 e. The Morgan fingerprint density at radius 3 is 1.00 bits per heavy atom. The molecular weight excluding hydrogens is 679 g/mol. The zero-order valence-corrected chi connectivity index (χ0v) is 33.6. The van der Waals surface area contributed by atoms with Gasteiger partial charge in [-0.25, -0.2) is 0 Å². The zero-order chi connectivity index (χ0) is 31.7. The number of carbonyl (C=O) groups is 2. The number of rotatable bonds is 34. The summed E-state index contributed by atoms with van der Waals surface area (Å²) >= 11 is -2.80. The van der Waals surface area contributed by atoms with Crippen molar-refractivity contribution in [3.05, 3.63) is 0 Å². The topological polar surface area (TPSA) is 52.6 Å². The summed E-state index contributed by atoms with van der Waals surface area (Å²) < 4.78 is 13.7. The van der Waals surface area contributed by atoms with E-state index in [-0.39, 0.29) is 11.9 Å². The van der Waals surface area contributed by atoms with Crippen LogP contribution in [0.5, 0.6) is 0 Å². The molecule has 4 nitrogen and oxygen atoms in total. The van der Waals surface area contributed by atoms with E-state index in [2.05, 4.69) is 27.7 Å². The van der Waals surface area contributed by atoms with E-state index < -0.39 is 15.6 Å². The van der Waals surface area contributed by atoms with Gasteiger partial charge in [0.2, 0.25) is 0 Å². The zero-order valence-electron chi connectivity index (χ0n) is 29.2. The summed E-state index contributed by atoms with van der Waals surface area (Å²) in [7, 11) is 3.84. The van der Waals surface area contributed by atoms with E-state index in [1.807, 2.05) is 17.9 Å². The van der Waals surface area contributed by atoms with Gasteiger partial charge in [-0.1, -0.05) is 52.4 Å². The molecule has 0 aromatic rings. The molecule has 0 atom stereocenters. The fourth-order valence-corrected chi connectivity index (χ4v) is 32.9. The number of hydrogen-bond donors (Lipinski definition) is 0. The molecule has 0 rings (SSSR count). The Bertz CT molecular complexity index is 568. The Labute approximate surface area is 278 Å².